The predicted molar refractivity (Wildman–Crippen MR) is 89.2 cm³/mol. The third-order valence-electron chi connectivity index (χ3n) is 4.70. The van der Waals surface area contributed by atoms with E-state index in [0.29, 0.717) is 23.2 Å². The molecule has 1 amide bonds. The zero-order chi connectivity index (χ0) is 16.2. The molecule has 0 aliphatic heterocycles. The molecular weight excluding hydrogens is 292 g/mol. The van der Waals surface area contributed by atoms with Crippen LogP contribution in [0.5, 0.6) is 0 Å². The van der Waals surface area contributed by atoms with Gasteiger partial charge in [0.05, 0.1) is 5.39 Å². The van der Waals surface area contributed by atoms with Gasteiger partial charge >= 0.3 is 0 Å². The first-order valence-corrected chi connectivity index (χ1v) is 8.19. The molecule has 23 heavy (non-hydrogen) atoms. The van der Waals surface area contributed by atoms with Gasteiger partial charge in [0.15, 0.2) is 5.69 Å². The van der Waals surface area contributed by atoms with E-state index in [9.17, 15) is 9.59 Å². The van der Waals surface area contributed by atoms with E-state index in [1.165, 1.54) is 19.3 Å². The van der Waals surface area contributed by atoms with Crippen LogP contribution < -0.4 is 16.6 Å². The van der Waals surface area contributed by atoms with Crippen molar-refractivity contribution in [2.45, 2.75) is 38.1 Å². The lowest BCUT2D eigenvalue weighted by Gasteiger charge is -2.30. The van der Waals surface area contributed by atoms with Crippen LogP contribution in [-0.2, 0) is 0 Å². The van der Waals surface area contributed by atoms with Gasteiger partial charge in [-0.1, -0.05) is 37.5 Å². The standard InChI is InChI=1S/C17H22N4O2/c18-10-14(11-6-2-1-3-7-11)19-17(23)15-12-8-4-5-9-13(12)16(22)21-20-15/h4-5,8-9,11,14H,1-3,6-7,10,18H2,(H,19,23)(H,21,22). The molecule has 0 radical (unpaired) electrons. The Bertz CT molecular complexity index is 750. The van der Waals surface area contributed by atoms with Crippen molar-refractivity contribution in [3.63, 3.8) is 0 Å². The van der Waals surface area contributed by atoms with Crippen LogP contribution in [0, 0.1) is 5.92 Å². The summed E-state index contributed by atoms with van der Waals surface area (Å²) in [5, 5.41) is 10.4. The minimum absolute atomic E-state index is 0.0460. The van der Waals surface area contributed by atoms with Crippen molar-refractivity contribution in [1.29, 1.82) is 0 Å². The Kier molecular flexibility index (Phi) is 4.71. The van der Waals surface area contributed by atoms with E-state index in [1.807, 2.05) is 0 Å². The maximum atomic E-state index is 12.6. The first-order chi connectivity index (χ1) is 11.2. The molecule has 4 N–H and O–H groups in total. The second kappa shape index (κ2) is 6.91. The topological polar surface area (TPSA) is 101 Å². The van der Waals surface area contributed by atoms with Crippen molar-refractivity contribution in [3.05, 3.63) is 40.3 Å². The largest absolute Gasteiger partial charge is 0.346 e. The van der Waals surface area contributed by atoms with Gasteiger partial charge in [0.1, 0.15) is 0 Å². The highest BCUT2D eigenvalue weighted by Gasteiger charge is 2.25. The number of aromatic nitrogens is 2. The van der Waals surface area contributed by atoms with E-state index < -0.39 is 0 Å². The fourth-order valence-electron chi connectivity index (χ4n) is 3.43. The first kappa shape index (κ1) is 15.7. The lowest BCUT2D eigenvalue weighted by molar-refractivity contribution is 0.0911. The molecule has 1 fully saturated rings. The number of nitrogens with one attached hydrogen (secondary N) is 2. The maximum absolute atomic E-state index is 12.6. The summed E-state index contributed by atoms with van der Waals surface area (Å²) < 4.78 is 0. The summed E-state index contributed by atoms with van der Waals surface area (Å²) in [6.07, 6.45) is 5.84. The minimum atomic E-state index is -0.292. The van der Waals surface area contributed by atoms with Crippen molar-refractivity contribution in [2.75, 3.05) is 6.54 Å². The summed E-state index contributed by atoms with van der Waals surface area (Å²) in [6, 6.07) is 6.94. The van der Waals surface area contributed by atoms with Crippen LogP contribution in [0.3, 0.4) is 0 Å². The van der Waals surface area contributed by atoms with Gasteiger partial charge in [-0.3, -0.25) is 9.59 Å². The fourth-order valence-corrected chi connectivity index (χ4v) is 3.43. The van der Waals surface area contributed by atoms with Crippen LogP contribution in [0.25, 0.3) is 10.8 Å². The molecule has 2 aromatic rings. The monoisotopic (exact) mass is 314 g/mol. The van der Waals surface area contributed by atoms with Crippen molar-refractivity contribution < 1.29 is 4.79 Å². The average molecular weight is 314 g/mol. The molecular formula is C17H22N4O2. The van der Waals surface area contributed by atoms with E-state index >= 15 is 0 Å². The van der Waals surface area contributed by atoms with Gasteiger partial charge in [-0.25, -0.2) is 5.10 Å². The normalized spacial score (nSPS) is 17.1. The van der Waals surface area contributed by atoms with Crippen LogP contribution in [0.1, 0.15) is 42.6 Å². The molecule has 1 heterocycles. The Morgan fingerprint density at radius 2 is 1.96 bits per heavy atom. The van der Waals surface area contributed by atoms with Gasteiger partial charge in [0, 0.05) is 18.0 Å². The predicted octanol–water partition coefficient (Wildman–Crippen LogP) is 1.56. The van der Waals surface area contributed by atoms with Crippen LogP contribution in [-0.4, -0.2) is 28.7 Å². The van der Waals surface area contributed by atoms with Gasteiger partial charge in [-0.15, -0.1) is 0 Å². The molecule has 0 spiro atoms. The molecule has 1 aromatic heterocycles. The van der Waals surface area contributed by atoms with Gasteiger partial charge in [-0.2, -0.15) is 5.10 Å². The highest BCUT2D eigenvalue weighted by Crippen LogP contribution is 2.26. The number of fused-ring (bicyclic) bond motifs is 1. The number of nitrogens with two attached hydrogens (primary N) is 1. The quantitative estimate of drug-likeness (QED) is 0.797. The fraction of sp³-hybridized carbons (Fsp3) is 0.471. The highest BCUT2D eigenvalue weighted by molar-refractivity contribution is 6.04. The van der Waals surface area contributed by atoms with Crippen LogP contribution >= 0.6 is 0 Å². The molecule has 6 nitrogen and oxygen atoms in total. The smallest absolute Gasteiger partial charge is 0.272 e. The first-order valence-electron chi connectivity index (χ1n) is 8.19. The van der Waals surface area contributed by atoms with Crippen molar-refractivity contribution in [1.82, 2.24) is 15.5 Å². The third-order valence-corrected chi connectivity index (χ3v) is 4.70. The molecule has 3 rings (SSSR count). The molecule has 1 unspecified atom stereocenters. The lowest BCUT2D eigenvalue weighted by atomic mass is 9.84. The van der Waals surface area contributed by atoms with Gasteiger partial charge in [0.2, 0.25) is 0 Å². The van der Waals surface area contributed by atoms with Crippen LogP contribution in [0.4, 0.5) is 0 Å². The number of nitrogens with zero attached hydrogens (tertiary/aromatic N) is 1. The maximum Gasteiger partial charge on any atom is 0.272 e. The van der Waals surface area contributed by atoms with Gasteiger partial charge in [-0.05, 0) is 24.8 Å². The Morgan fingerprint density at radius 3 is 2.65 bits per heavy atom. The van der Waals surface area contributed by atoms with Crippen LogP contribution in [0.15, 0.2) is 29.1 Å². The third kappa shape index (κ3) is 3.27. The number of carbonyl (C=O) groups is 1. The molecule has 1 aromatic carbocycles. The van der Waals surface area contributed by atoms with E-state index in [4.69, 9.17) is 5.73 Å². The number of hydrogen-bond acceptors (Lipinski definition) is 4. The SMILES string of the molecule is NCC(NC(=O)c1n[nH]c(=O)c2ccccc12)C1CCCCC1. The van der Waals surface area contributed by atoms with Gasteiger partial charge in [0.25, 0.3) is 11.5 Å². The minimum Gasteiger partial charge on any atom is -0.346 e. The Morgan fingerprint density at radius 1 is 1.26 bits per heavy atom. The number of aromatic amines is 1. The zero-order valence-corrected chi connectivity index (χ0v) is 13.0. The molecule has 1 atom stereocenters. The number of hydrogen-bond donors (Lipinski definition) is 3. The summed E-state index contributed by atoms with van der Waals surface area (Å²) in [4.78, 5) is 24.4. The Labute approximate surface area is 134 Å². The Balaban J connectivity index is 1.85. The second-order valence-corrected chi connectivity index (χ2v) is 6.16. The van der Waals surface area contributed by atoms with Gasteiger partial charge < -0.3 is 11.1 Å². The molecule has 1 aliphatic rings. The zero-order valence-electron chi connectivity index (χ0n) is 13.0. The van der Waals surface area contributed by atoms with E-state index in [2.05, 4.69) is 15.5 Å². The summed E-state index contributed by atoms with van der Waals surface area (Å²) in [6.45, 7) is 0.414. The van der Waals surface area contributed by atoms with E-state index in [1.54, 1.807) is 24.3 Å². The molecule has 6 heteroatoms. The van der Waals surface area contributed by atoms with E-state index in [-0.39, 0.29) is 23.2 Å². The van der Waals surface area contributed by atoms with E-state index in [0.717, 1.165) is 12.8 Å². The van der Waals surface area contributed by atoms with Crippen molar-refractivity contribution in [3.8, 4) is 0 Å². The second-order valence-electron chi connectivity index (χ2n) is 6.16. The summed E-state index contributed by atoms with van der Waals surface area (Å²) in [5.41, 5.74) is 5.83. The van der Waals surface area contributed by atoms with Crippen LogP contribution in [0.2, 0.25) is 0 Å². The average Bonchev–Trinajstić information content (AvgIpc) is 2.61. The lowest BCUT2D eigenvalue weighted by Crippen LogP contribution is -2.46. The van der Waals surface area contributed by atoms with Crippen molar-refractivity contribution >= 4 is 16.7 Å². The van der Waals surface area contributed by atoms with Crippen molar-refractivity contribution in [2.24, 2.45) is 11.7 Å². The number of benzene rings is 1. The molecule has 0 saturated heterocycles. The highest BCUT2D eigenvalue weighted by atomic mass is 16.2. The number of amides is 1. The number of rotatable bonds is 4. The molecule has 0 bridgehead atoms. The summed E-state index contributed by atoms with van der Waals surface area (Å²) in [5.74, 6) is 0.144. The number of H-pyrrole nitrogens is 1. The molecule has 1 saturated carbocycles. The molecule has 122 valence electrons. The summed E-state index contributed by atoms with van der Waals surface area (Å²) >= 11 is 0. The summed E-state index contributed by atoms with van der Waals surface area (Å²) in [7, 11) is 0. The number of carbonyl (C=O) groups excluding carboxylic acids is 1. The molecule has 1 aliphatic carbocycles. The Hall–Kier alpha value is -2.21.